The number of fused-ring (bicyclic) bond motifs is 1. The van der Waals surface area contributed by atoms with E-state index in [9.17, 15) is 0 Å². The first-order valence-corrected chi connectivity index (χ1v) is 6.52. The SMILES string of the molecule is COc1cc2c(Br)nc(Br)nc2c(OC)c1OC. The molecule has 0 radical (unpaired) electrons. The molecule has 0 N–H and O–H groups in total. The molecule has 1 aromatic carbocycles. The van der Waals surface area contributed by atoms with E-state index in [1.807, 2.05) is 0 Å². The average Bonchev–Trinajstić information content (AvgIpc) is 2.36. The predicted octanol–water partition coefficient (Wildman–Crippen LogP) is 3.18. The van der Waals surface area contributed by atoms with Crippen LogP contribution in [0, 0.1) is 0 Å². The molecule has 1 aromatic heterocycles. The van der Waals surface area contributed by atoms with E-state index in [2.05, 4.69) is 41.8 Å². The van der Waals surface area contributed by atoms with Crippen LogP contribution in [-0.2, 0) is 0 Å². The molecule has 0 aliphatic heterocycles. The molecule has 0 aliphatic carbocycles. The Hall–Kier alpha value is -1.08. The Labute approximate surface area is 121 Å². The van der Waals surface area contributed by atoms with Crippen LogP contribution in [0.1, 0.15) is 0 Å². The van der Waals surface area contributed by atoms with Crippen molar-refractivity contribution in [2.75, 3.05) is 21.3 Å². The summed E-state index contributed by atoms with van der Waals surface area (Å²) in [6.07, 6.45) is 0. The molecular weight excluding hydrogens is 368 g/mol. The zero-order chi connectivity index (χ0) is 13.3. The summed E-state index contributed by atoms with van der Waals surface area (Å²) < 4.78 is 17.1. The van der Waals surface area contributed by atoms with Crippen LogP contribution in [0.3, 0.4) is 0 Å². The highest BCUT2D eigenvalue weighted by Gasteiger charge is 2.19. The normalized spacial score (nSPS) is 10.5. The van der Waals surface area contributed by atoms with E-state index in [-0.39, 0.29) is 0 Å². The van der Waals surface area contributed by atoms with Gasteiger partial charge in [0.05, 0.1) is 21.3 Å². The van der Waals surface area contributed by atoms with Crippen LogP contribution in [0.2, 0.25) is 0 Å². The zero-order valence-corrected chi connectivity index (χ0v) is 13.1. The first-order valence-electron chi connectivity index (χ1n) is 4.94. The number of ether oxygens (including phenoxy) is 3. The third-order valence-electron chi connectivity index (χ3n) is 2.42. The number of methoxy groups -OCH3 is 3. The van der Waals surface area contributed by atoms with E-state index in [1.165, 1.54) is 0 Å². The zero-order valence-electron chi connectivity index (χ0n) is 9.95. The van der Waals surface area contributed by atoms with Gasteiger partial charge in [-0.15, -0.1) is 0 Å². The largest absolute Gasteiger partial charge is 0.493 e. The van der Waals surface area contributed by atoms with Gasteiger partial charge in [0.25, 0.3) is 0 Å². The lowest BCUT2D eigenvalue weighted by molar-refractivity contribution is 0.327. The third-order valence-corrected chi connectivity index (χ3v) is 3.38. The molecule has 0 fully saturated rings. The molecular formula is C11H10Br2N2O3. The minimum Gasteiger partial charge on any atom is -0.493 e. The van der Waals surface area contributed by atoms with E-state index in [4.69, 9.17) is 14.2 Å². The van der Waals surface area contributed by atoms with Crippen LogP contribution < -0.4 is 14.2 Å². The van der Waals surface area contributed by atoms with Gasteiger partial charge in [-0.3, -0.25) is 0 Å². The van der Waals surface area contributed by atoms with Crippen LogP contribution in [0.15, 0.2) is 15.4 Å². The topological polar surface area (TPSA) is 53.5 Å². The number of hydrogen-bond donors (Lipinski definition) is 0. The predicted molar refractivity (Wildman–Crippen MR) is 74.6 cm³/mol. The first-order chi connectivity index (χ1) is 8.62. The van der Waals surface area contributed by atoms with Crippen molar-refractivity contribution >= 4 is 42.8 Å². The molecule has 0 spiro atoms. The summed E-state index contributed by atoms with van der Waals surface area (Å²) in [5.74, 6) is 1.58. The minimum atomic E-state index is 0.465. The van der Waals surface area contributed by atoms with Gasteiger partial charge in [0.1, 0.15) is 10.1 Å². The van der Waals surface area contributed by atoms with E-state index in [0.29, 0.717) is 32.1 Å². The average molecular weight is 378 g/mol. The molecule has 7 heteroatoms. The van der Waals surface area contributed by atoms with Crippen LogP contribution >= 0.6 is 31.9 Å². The second kappa shape index (κ2) is 5.27. The van der Waals surface area contributed by atoms with E-state index < -0.39 is 0 Å². The summed E-state index contributed by atoms with van der Waals surface area (Å²) >= 11 is 6.64. The lowest BCUT2D eigenvalue weighted by Gasteiger charge is -2.14. The monoisotopic (exact) mass is 376 g/mol. The Morgan fingerprint density at radius 2 is 1.61 bits per heavy atom. The second-order valence-electron chi connectivity index (χ2n) is 3.32. The molecule has 96 valence electrons. The third kappa shape index (κ3) is 2.12. The molecule has 2 aromatic rings. The maximum Gasteiger partial charge on any atom is 0.205 e. The van der Waals surface area contributed by atoms with Gasteiger partial charge in [-0.05, 0) is 37.9 Å². The highest BCUT2D eigenvalue weighted by molar-refractivity contribution is 9.11. The molecule has 0 amide bonds. The lowest BCUT2D eigenvalue weighted by atomic mass is 10.2. The Kier molecular flexibility index (Phi) is 3.91. The Balaban J connectivity index is 2.92. The van der Waals surface area contributed by atoms with Crippen molar-refractivity contribution in [1.82, 2.24) is 9.97 Å². The molecule has 18 heavy (non-hydrogen) atoms. The Bertz CT molecular complexity index is 605. The smallest absolute Gasteiger partial charge is 0.205 e. The van der Waals surface area contributed by atoms with Crippen molar-refractivity contribution in [2.45, 2.75) is 0 Å². The first kappa shape index (κ1) is 13.4. The molecule has 0 saturated heterocycles. The summed E-state index contributed by atoms with van der Waals surface area (Å²) in [5, 5.41) is 0.785. The molecule has 0 bridgehead atoms. The lowest BCUT2D eigenvalue weighted by Crippen LogP contribution is -1.98. The van der Waals surface area contributed by atoms with Gasteiger partial charge in [-0.1, -0.05) is 0 Å². The fourth-order valence-electron chi connectivity index (χ4n) is 1.67. The summed E-state index contributed by atoms with van der Waals surface area (Å²) in [5.41, 5.74) is 0.643. The van der Waals surface area contributed by atoms with Crippen LogP contribution in [-0.4, -0.2) is 31.3 Å². The van der Waals surface area contributed by atoms with Crippen LogP contribution in [0.25, 0.3) is 10.9 Å². The second-order valence-corrected chi connectivity index (χ2v) is 4.79. The summed E-state index contributed by atoms with van der Waals surface area (Å²) in [6.45, 7) is 0. The molecule has 2 rings (SSSR count). The fraction of sp³-hybridized carbons (Fsp3) is 0.273. The quantitative estimate of drug-likeness (QED) is 0.607. The number of halogens is 2. The number of nitrogens with zero attached hydrogens (tertiary/aromatic N) is 2. The fourth-order valence-corrected chi connectivity index (χ4v) is 2.73. The number of benzene rings is 1. The van der Waals surface area contributed by atoms with Gasteiger partial charge in [0, 0.05) is 5.39 Å². The van der Waals surface area contributed by atoms with Gasteiger partial charge in [0.2, 0.25) is 5.75 Å². The molecule has 0 saturated carbocycles. The van der Waals surface area contributed by atoms with Crippen molar-refractivity contribution in [3.05, 3.63) is 15.4 Å². The van der Waals surface area contributed by atoms with Crippen molar-refractivity contribution in [2.24, 2.45) is 0 Å². The van der Waals surface area contributed by atoms with E-state index >= 15 is 0 Å². The molecule has 0 atom stereocenters. The Morgan fingerprint density at radius 1 is 0.944 bits per heavy atom. The molecule has 1 heterocycles. The summed E-state index contributed by atoms with van der Waals surface area (Å²) in [4.78, 5) is 8.48. The van der Waals surface area contributed by atoms with Crippen LogP contribution in [0.4, 0.5) is 0 Å². The number of rotatable bonds is 3. The van der Waals surface area contributed by atoms with Gasteiger partial charge in [0.15, 0.2) is 16.2 Å². The highest BCUT2D eigenvalue weighted by atomic mass is 79.9. The molecule has 0 unspecified atom stereocenters. The molecule has 5 nitrogen and oxygen atoms in total. The highest BCUT2D eigenvalue weighted by Crippen LogP contribution is 2.44. The standard InChI is InChI=1S/C11H10Br2N2O3/c1-16-6-4-5-7(9(18-3)8(6)17-2)14-11(13)15-10(5)12/h4H,1-3H3. The van der Waals surface area contributed by atoms with Gasteiger partial charge < -0.3 is 14.2 Å². The number of aromatic nitrogens is 2. The number of hydrogen-bond acceptors (Lipinski definition) is 5. The maximum atomic E-state index is 5.37. The van der Waals surface area contributed by atoms with Crippen molar-refractivity contribution in [3.63, 3.8) is 0 Å². The van der Waals surface area contributed by atoms with Crippen molar-refractivity contribution in [1.29, 1.82) is 0 Å². The van der Waals surface area contributed by atoms with Gasteiger partial charge in [-0.2, -0.15) is 0 Å². The van der Waals surface area contributed by atoms with Gasteiger partial charge >= 0.3 is 0 Å². The van der Waals surface area contributed by atoms with Crippen molar-refractivity contribution < 1.29 is 14.2 Å². The Morgan fingerprint density at radius 3 is 2.17 bits per heavy atom. The maximum absolute atomic E-state index is 5.37. The van der Waals surface area contributed by atoms with Crippen molar-refractivity contribution in [3.8, 4) is 17.2 Å². The minimum absolute atomic E-state index is 0.465. The van der Waals surface area contributed by atoms with Gasteiger partial charge in [-0.25, -0.2) is 9.97 Å². The summed E-state index contributed by atoms with van der Waals surface area (Å²) in [7, 11) is 4.68. The van der Waals surface area contributed by atoms with E-state index in [1.54, 1.807) is 27.4 Å². The summed E-state index contributed by atoms with van der Waals surface area (Å²) in [6, 6.07) is 1.80. The van der Waals surface area contributed by atoms with E-state index in [0.717, 1.165) is 5.39 Å². The van der Waals surface area contributed by atoms with Crippen LogP contribution in [0.5, 0.6) is 17.2 Å². The molecule has 0 aliphatic rings.